The van der Waals surface area contributed by atoms with Crippen molar-refractivity contribution in [1.29, 1.82) is 0 Å². The van der Waals surface area contributed by atoms with Crippen LogP contribution in [0, 0.1) is 10.1 Å². The number of benzene rings is 1. The zero-order valence-electron chi connectivity index (χ0n) is 16.4. The van der Waals surface area contributed by atoms with Crippen LogP contribution in [0.4, 0.5) is 5.69 Å². The third-order valence-corrected chi connectivity index (χ3v) is 9.59. The normalized spacial score (nSPS) is 17.1. The van der Waals surface area contributed by atoms with Gasteiger partial charge in [-0.1, -0.05) is 20.8 Å². The number of carbonyl (C=O) groups excluding carboxylic acids is 1. The Bertz CT molecular complexity index is 915. The van der Waals surface area contributed by atoms with Gasteiger partial charge in [-0.15, -0.1) is 0 Å². The number of amides is 1. The van der Waals surface area contributed by atoms with Crippen LogP contribution in [0.15, 0.2) is 53.5 Å². The molecule has 1 atom stereocenters. The minimum atomic E-state index is -2.40. The quantitative estimate of drug-likeness (QED) is 0.429. The van der Waals surface area contributed by atoms with E-state index >= 15 is 0 Å². The predicted molar refractivity (Wildman–Crippen MR) is 111 cm³/mol. The molecule has 1 aromatic heterocycles. The van der Waals surface area contributed by atoms with Gasteiger partial charge in [0.05, 0.1) is 12.1 Å². The van der Waals surface area contributed by atoms with E-state index in [0.29, 0.717) is 5.56 Å². The molecule has 1 aliphatic rings. The van der Waals surface area contributed by atoms with Crippen LogP contribution in [0.2, 0.25) is 0 Å². The van der Waals surface area contributed by atoms with Crippen LogP contribution in [0.1, 0.15) is 44.0 Å². The Kier molecular flexibility index (Phi) is 5.77. The summed E-state index contributed by atoms with van der Waals surface area (Å²) in [6.45, 7) is 8.21. The van der Waals surface area contributed by atoms with Crippen LogP contribution in [0.25, 0.3) is 0 Å². The van der Waals surface area contributed by atoms with E-state index in [4.69, 9.17) is 4.74 Å². The number of rotatable bonds is 4. The first kappa shape index (κ1) is 20.4. The summed E-state index contributed by atoms with van der Waals surface area (Å²) in [6.07, 6.45) is 5.67. The lowest BCUT2D eigenvalue weighted by atomic mass is 10.2. The molecule has 1 fully saturated rings. The summed E-state index contributed by atoms with van der Waals surface area (Å²) in [6, 6.07) is 9.59. The minimum Gasteiger partial charge on any atom is -0.267 e. The molecule has 1 unspecified atom stereocenters. The van der Waals surface area contributed by atoms with Crippen molar-refractivity contribution in [1.82, 2.24) is 9.65 Å². The molecule has 3 rings (SSSR count). The molecule has 2 aromatic rings. The Morgan fingerprint density at radius 1 is 1.11 bits per heavy atom. The summed E-state index contributed by atoms with van der Waals surface area (Å²) in [7, 11) is -2.40. The summed E-state index contributed by atoms with van der Waals surface area (Å²) < 4.78 is 7.26. The van der Waals surface area contributed by atoms with Gasteiger partial charge in [-0.25, -0.2) is 4.74 Å². The lowest BCUT2D eigenvalue weighted by Gasteiger charge is -2.43. The summed E-state index contributed by atoms with van der Waals surface area (Å²) in [5, 5.41) is 11.7. The number of nitrogens with zero attached hydrogens (tertiary/aromatic N) is 4. The zero-order chi connectivity index (χ0) is 20.4. The highest BCUT2D eigenvalue weighted by atomic mass is 31.2. The number of non-ortho nitro benzene ring substituents is 1. The molecule has 1 amide bonds. The van der Waals surface area contributed by atoms with Crippen molar-refractivity contribution >= 4 is 24.1 Å². The molecule has 28 heavy (non-hydrogen) atoms. The Hall–Kier alpha value is -2.37. The lowest BCUT2D eigenvalue weighted by Crippen LogP contribution is -2.35. The van der Waals surface area contributed by atoms with Gasteiger partial charge in [-0.2, -0.15) is 0 Å². The molecule has 1 aromatic carbocycles. The molecular weight excluding hydrogens is 375 g/mol. The van der Waals surface area contributed by atoms with E-state index in [0.717, 1.165) is 31.2 Å². The first-order chi connectivity index (χ1) is 13.3. The summed E-state index contributed by atoms with van der Waals surface area (Å²) in [4.78, 5) is 27.7. The fourth-order valence-electron chi connectivity index (χ4n) is 3.70. The van der Waals surface area contributed by atoms with Crippen molar-refractivity contribution in [2.45, 2.75) is 38.8 Å². The van der Waals surface area contributed by atoms with Crippen LogP contribution in [-0.4, -0.2) is 38.7 Å². The highest BCUT2D eigenvalue weighted by Crippen LogP contribution is 2.63. The highest BCUT2D eigenvalue weighted by molar-refractivity contribution is 7.73. The molecular formula is C20H25N4O3P. The van der Waals surface area contributed by atoms with E-state index in [2.05, 4.69) is 30.4 Å². The maximum Gasteiger partial charge on any atom is 0.277 e. The monoisotopic (exact) mass is 400 g/mol. The minimum absolute atomic E-state index is 0.0397. The van der Waals surface area contributed by atoms with Crippen molar-refractivity contribution < 1.29 is 9.72 Å². The fourth-order valence-corrected chi connectivity index (χ4v) is 7.98. The molecule has 1 aliphatic heterocycles. The van der Waals surface area contributed by atoms with Crippen molar-refractivity contribution in [3.8, 4) is 0 Å². The van der Waals surface area contributed by atoms with Gasteiger partial charge >= 0.3 is 0 Å². The van der Waals surface area contributed by atoms with Gasteiger partial charge in [0, 0.05) is 53.6 Å². The molecule has 2 heterocycles. The van der Waals surface area contributed by atoms with E-state index < -0.39 is 12.1 Å². The Morgan fingerprint density at radius 2 is 1.68 bits per heavy atom. The number of aromatic nitrogens is 1. The van der Waals surface area contributed by atoms with Crippen LogP contribution >= 0.6 is 7.21 Å². The van der Waals surface area contributed by atoms with E-state index in [1.807, 2.05) is 12.1 Å². The van der Waals surface area contributed by atoms with Crippen LogP contribution in [0.3, 0.4) is 0 Å². The average Bonchev–Trinajstić information content (AvgIpc) is 3.20. The number of nitro benzene ring substituents is 1. The number of hydrogen-bond donors (Lipinski definition) is 0. The molecule has 0 saturated carbocycles. The van der Waals surface area contributed by atoms with E-state index in [1.165, 1.54) is 24.3 Å². The maximum absolute atomic E-state index is 13.2. The number of nitro groups is 1. The van der Waals surface area contributed by atoms with Gasteiger partial charge in [0.1, 0.15) is 0 Å². The molecule has 8 heteroatoms. The van der Waals surface area contributed by atoms with Crippen molar-refractivity contribution in [2.75, 3.05) is 13.1 Å². The fraction of sp³-hybridized carbons (Fsp3) is 0.400. The van der Waals surface area contributed by atoms with Crippen molar-refractivity contribution in [3.63, 3.8) is 0 Å². The zero-order valence-corrected chi connectivity index (χ0v) is 17.3. The lowest BCUT2D eigenvalue weighted by molar-refractivity contribution is -0.384. The molecule has 0 spiro atoms. The van der Waals surface area contributed by atoms with Crippen LogP contribution in [-0.2, 0) is 0 Å². The first-order valence-corrected chi connectivity index (χ1v) is 11.0. The van der Waals surface area contributed by atoms with Gasteiger partial charge in [0.2, 0.25) is 0 Å². The summed E-state index contributed by atoms with van der Waals surface area (Å²) >= 11 is 0. The van der Waals surface area contributed by atoms with E-state index in [9.17, 15) is 14.9 Å². The SMILES string of the molecule is CC(C)(C)P(=NC(=O)c1ccc([N+](=O)[O-])cc1)(c1ccncc1)N1CCCC1. The second kappa shape index (κ2) is 7.94. The topological polar surface area (TPSA) is 88.7 Å². The Morgan fingerprint density at radius 3 is 2.18 bits per heavy atom. The predicted octanol–water partition coefficient (Wildman–Crippen LogP) is 4.47. The maximum atomic E-state index is 13.2. The van der Waals surface area contributed by atoms with Crippen LogP contribution in [0.5, 0.6) is 0 Å². The third-order valence-electron chi connectivity index (χ3n) is 5.01. The molecule has 7 nitrogen and oxygen atoms in total. The largest absolute Gasteiger partial charge is 0.277 e. The highest BCUT2D eigenvalue weighted by Gasteiger charge is 2.42. The van der Waals surface area contributed by atoms with Gasteiger partial charge in [-0.3, -0.25) is 24.6 Å². The number of pyridine rings is 1. The molecule has 148 valence electrons. The second-order valence-corrected chi connectivity index (χ2v) is 11.7. The summed E-state index contributed by atoms with van der Waals surface area (Å²) in [5.41, 5.74) is 0.328. The molecule has 1 saturated heterocycles. The van der Waals surface area contributed by atoms with Gasteiger partial charge in [0.15, 0.2) is 0 Å². The second-order valence-electron chi connectivity index (χ2n) is 7.85. The van der Waals surface area contributed by atoms with Crippen molar-refractivity contribution in [3.05, 3.63) is 64.5 Å². The van der Waals surface area contributed by atoms with Crippen LogP contribution < -0.4 is 5.30 Å². The molecule has 0 N–H and O–H groups in total. The smallest absolute Gasteiger partial charge is 0.267 e. The first-order valence-electron chi connectivity index (χ1n) is 9.33. The van der Waals surface area contributed by atoms with Crippen molar-refractivity contribution in [2.24, 2.45) is 4.74 Å². The standard InChI is InChI=1S/C20H25N4O3P/c1-20(2,3)28(23-14-4-5-15-23,18-10-12-21-13-11-18)22-19(25)16-6-8-17(9-7-16)24(26)27/h6-13H,4-5,14-15H2,1-3H3. The number of carbonyl (C=O) groups is 1. The van der Waals surface area contributed by atoms with E-state index in [-0.39, 0.29) is 16.8 Å². The van der Waals surface area contributed by atoms with Gasteiger partial charge in [-0.05, 0) is 37.1 Å². The molecule has 0 bridgehead atoms. The van der Waals surface area contributed by atoms with E-state index in [1.54, 1.807) is 12.4 Å². The van der Waals surface area contributed by atoms with Gasteiger partial charge in [0.25, 0.3) is 11.6 Å². The van der Waals surface area contributed by atoms with Gasteiger partial charge < -0.3 is 0 Å². The summed E-state index contributed by atoms with van der Waals surface area (Å²) in [5.74, 6) is -0.332. The molecule has 0 radical (unpaired) electrons. The Balaban J connectivity index is 2.17. The number of hydrogen-bond acceptors (Lipinski definition) is 4. The third kappa shape index (κ3) is 3.77. The molecule has 0 aliphatic carbocycles. The Labute approximate surface area is 165 Å². The average molecular weight is 400 g/mol.